The lowest BCUT2D eigenvalue weighted by Gasteiger charge is -2.12. The summed E-state index contributed by atoms with van der Waals surface area (Å²) in [7, 11) is 1.68. The second-order valence-electron chi connectivity index (χ2n) is 4.00. The molecule has 0 atom stereocenters. The minimum absolute atomic E-state index is 0.0203. The quantitative estimate of drug-likeness (QED) is 0.874. The number of methoxy groups -OCH3 is 1. The molecule has 3 heteroatoms. The minimum atomic E-state index is -0.0203. The van der Waals surface area contributed by atoms with E-state index in [4.69, 9.17) is 0 Å². The van der Waals surface area contributed by atoms with Crippen LogP contribution in [0, 0.1) is 0 Å². The number of carbonyl (C=O) groups is 1. The molecule has 0 fully saturated rings. The first-order valence-electron chi connectivity index (χ1n) is 5.88. The van der Waals surface area contributed by atoms with Crippen molar-refractivity contribution in [3.63, 3.8) is 0 Å². The van der Waals surface area contributed by atoms with Crippen LogP contribution in [0.15, 0.2) is 24.3 Å². The van der Waals surface area contributed by atoms with E-state index in [1.807, 2.05) is 31.2 Å². The third kappa shape index (κ3) is 6.74. The molecule has 1 aromatic rings. The van der Waals surface area contributed by atoms with Gasteiger partial charge in [0.15, 0.2) is 0 Å². The predicted molar refractivity (Wildman–Crippen MR) is 72.4 cm³/mol. The molecule has 0 radical (unpaired) electrons. The highest BCUT2D eigenvalue weighted by atomic mass is 16.5. The van der Waals surface area contributed by atoms with E-state index in [9.17, 15) is 4.79 Å². The minimum Gasteiger partial charge on any atom is -0.385 e. The van der Waals surface area contributed by atoms with Gasteiger partial charge in [-0.1, -0.05) is 32.0 Å². The zero-order valence-electron chi connectivity index (χ0n) is 11.4. The lowest BCUT2D eigenvalue weighted by molar-refractivity contribution is -0.114. The molecule has 0 aliphatic heterocycles. The first-order chi connectivity index (χ1) is 8.02. The van der Waals surface area contributed by atoms with E-state index in [1.165, 1.54) is 12.5 Å². The van der Waals surface area contributed by atoms with Gasteiger partial charge in [0.2, 0.25) is 5.91 Å². The van der Waals surface area contributed by atoms with Gasteiger partial charge in [-0.05, 0) is 24.5 Å². The van der Waals surface area contributed by atoms with E-state index >= 15 is 0 Å². The number of amides is 1. The SMILES string of the molecule is CC(=O)Nc1ccccc1C(C)C.CCOC. The largest absolute Gasteiger partial charge is 0.385 e. The number of anilines is 1. The summed E-state index contributed by atoms with van der Waals surface area (Å²) in [5, 5.41) is 2.82. The zero-order valence-corrected chi connectivity index (χ0v) is 11.4. The smallest absolute Gasteiger partial charge is 0.221 e. The van der Waals surface area contributed by atoms with Crippen molar-refractivity contribution < 1.29 is 9.53 Å². The Morgan fingerprint density at radius 1 is 1.35 bits per heavy atom. The summed E-state index contributed by atoms with van der Waals surface area (Å²) in [5.74, 6) is 0.413. The van der Waals surface area contributed by atoms with Crippen LogP contribution < -0.4 is 5.32 Å². The van der Waals surface area contributed by atoms with Crippen LogP contribution in [0.4, 0.5) is 5.69 Å². The normalized spacial score (nSPS) is 9.53. The summed E-state index contributed by atoms with van der Waals surface area (Å²) in [6, 6.07) is 7.88. The first kappa shape index (κ1) is 15.7. The van der Waals surface area contributed by atoms with Crippen molar-refractivity contribution in [3.8, 4) is 0 Å². The van der Waals surface area contributed by atoms with Crippen LogP contribution in [0.3, 0.4) is 0 Å². The van der Waals surface area contributed by atoms with Crippen molar-refractivity contribution in [2.24, 2.45) is 0 Å². The van der Waals surface area contributed by atoms with E-state index in [-0.39, 0.29) is 5.91 Å². The van der Waals surface area contributed by atoms with Crippen LogP contribution >= 0.6 is 0 Å². The third-order valence-corrected chi connectivity index (χ3v) is 2.18. The van der Waals surface area contributed by atoms with Gasteiger partial charge >= 0.3 is 0 Å². The fourth-order valence-electron chi connectivity index (χ4n) is 1.30. The molecule has 0 spiro atoms. The predicted octanol–water partition coefficient (Wildman–Crippen LogP) is 3.42. The topological polar surface area (TPSA) is 38.3 Å². The van der Waals surface area contributed by atoms with Crippen LogP contribution in [0.5, 0.6) is 0 Å². The highest BCUT2D eigenvalue weighted by Crippen LogP contribution is 2.23. The maximum atomic E-state index is 10.9. The highest BCUT2D eigenvalue weighted by molar-refractivity contribution is 5.89. The van der Waals surface area contributed by atoms with E-state index in [0.29, 0.717) is 5.92 Å². The van der Waals surface area contributed by atoms with Crippen LogP contribution in [-0.2, 0) is 9.53 Å². The van der Waals surface area contributed by atoms with E-state index < -0.39 is 0 Å². The Hall–Kier alpha value is -1.35. The van der Waals surface area contributed by atoms with Crippen LogP contribution in [-0.4, -0.2) is 19.6 Å². The maximum absolute atomic E-state index is 10.9. The summed E-state index contributed by atoms with van der Waals surface area (Å²) in [6.07, 6.45) is 0. The van der Waals surface area contributed by atoms with Crippen LogP contribution in [0.2, 0.25) is 0 Å². The Morgan fingerprint density at radius 2 is 1.88 bits per heavy atom. The number of benzene rings is 1. The van der Waals surface area contributed by atoms with Gasteiger partial charge in [0, 0.05) is 26.3 Å². The molecule has 17 heavy (non-hydrogen) atoms. The van der Waals surface area contributed by atoms with Crippen molar-refractivity contribution in [2.45, 2.75) is 33.6 Å². The number of para-hydroxylation sites is 1. The third-order valence-electron chi connectivity index (χ3n) is 2.18. The molecule has 1 amide bonds. The van der Waals surface area contributed by atoms with Crippen molar-refractivity contribution in [2.75, 3.05) is 19.0 Å². The molecular formula is C14H23NO2. The molecule has 0 aliphatic carbocycles. The maximum Gasteiger partial charge on any atom is 0.221 e. The Labute approximate surface area is 104 Å². The van der Waals surface area contributed by atoms with Gasteiger partial charge in [-0.25, -0.2) is 0 Å². The molecule has 0 unspecified atom stereocenters. The van der Waals surface area contributed by atoms with E-state index in [0.717, 1.165) is 12.3 Å². The van der Waals surface area contributed by atoms with Gasteiger partial charge in [-0.15, -0.1) is 0 Å². The number of rotatable bonds is 3. The molecule has 96 valence electrons. The average Bonchev–Trinajstić information content (AvgIpc) is 2.29. The molecule has 0 saturated heterocycles. The Morgan fingerprint density at radius 3 is 2.29 bits per heavy atom. The Bertz CT molecular complexity index is 333. The number of nitrogens with one attached hydrogen (secondary N) is 1. The van der Waals surface area contributed by atoms with Gasteiger partial charge in [0.05, 0.1) is 0 Å². The van der Waals surface area contributed by atoms with Crippen LogP contribution in [0.25, 0.3) is 0 Å². The molecule has 0 bridgehead atoms. The van der Waals surface area contributed by atoms with Crippen molar-refractivity contribution >= 4 is 11.6 Å². The van der Waals surface area contributed by atoms with Gasteiger partial charge in [-0.2, -0.15) is 0 Å². The fourth-order valence-corrected chi connectivity index (χ4v) is 1.30. The molecule has 3 nitrogen and oxygen atoms in total. The summed E-state index contributed by atoms with van der Waals surface area (Å²) in [6.45, 7) is 8.53. The fraction of sp³-hybridized carbons (Fsp3) is 0.500. The molecule has 1 rings (SSSR count). The monoisotopic (exact) mass is 237 g/mol. The molecule has 1 aromatic carbocycles. The summed E-state index contributed by atoms with van der Waals surface area (Å²) < 4.78 is 4.54. The average molecular weight is 237 g/mol. The molecule has 0 aromatic heterocycles. The summed E-state index contributed by atoms with van der Waals surface area (Å²) in [5.41, 5.74) is 2.10. The number of hydrogen-bond donors (Lipinski definition) is 1. The highest BCUT2D eigenvalue weighted by Gasteiger charge is 2.05. The number of carbonyl (C=O) groups excluding carboxylic acids is 1. The lowest BCUT2D eigenvalue weighted by Crippen LogP contribution is -2.08. The van der Waals surface area contributed by atoms with Gasteiger partial charge in [0.1, 0.15) is 0 Å². The molecule has 0 heterocycles. The molecule has 0 saturated carbocycles. The van der Waals surface area contributed by atoms with Crippen molar-refractivity contribution in [3.05, 3.63) is 29.8 Å². The van der Waals surface area contributed by atoms with E-state index in [2.05, 4.69) is 23.9 Å². The van der Waals surface area contributed by atoms with Crippen molar-refractivity contribution in [1.82, 2.24) is 0 Å². The van der Waals surface area contributed by atoms with Crippen LogP contribution in [0.1, 0.15) is 39.2 Å². The standard InChI is InChI=1S/C11H15NO.C3H8O/c1-8(2)10-6-4-5-7-11(10)12-9(3)13;1-3-4-2/h4-8H,1-3H3,(H,12,13);3H2,1-2H3. The van der Waals surface area contributed by atoms with Gasteiger partial charge < -0.3 is 10.1 Å². The van der Waals surface area contributed by atoms with Crippen molar-refractivity contribution in [1.29, 1.82) is 0 Å². The summed E-state index contributed by atoms with van der Waals surface area (Å²) in [4.78, 5) is 10.9. The first-order valence-corrected chi connectivity index (χ1v) is 5.88. The Kier molecular flexibility index (Phi) is 8.07. The molecule has 0 aliphatic rings. The van der Waals surface area contributed by atoms with Gasteiger partial charge in [-0.3, -0.25) is 4.79 Å². The van der Waals surface area contributed by atoms with Gasteiger partial charge in [0.25, 0.3) is 0 Å². The number of hydrogen-bond acceptors (Lipinski definition) is 2. The Balaban J connectivity index is 0.000000557. The molecular weight excluding hydrogens is 214 g/mol. The number of ether oxygens (including phenoxy) is 1. The second-order valence-corrected chi connectivity index (χ2v) is 4.00. The van der Waals surface area contributed by atoms with E-state index in [1.54, 1.807) is 7.11 Å². The molecule has 1 N–H and O–H groups in total. The lowest BCUT2D eigenvalue weighted by atomic mass is 10.0. The second kappa shape index (κ2) is 8.76. The summed E-state index contributed by atoms with van der Waals surface area (Å²) >= 11 is 0. The zero-order chi connectivity index (χ0) is 13.3.